The smallest absolute Gasteiger partial charge is 0.303 e. The maximum Gasteiger partial charge on any atom is 0.303 e. The molecule has 0 fully saturated rings. The van der Waals surface area contributed by atoms with Crippen LogP contribution in [0.3, 0.4) is 0 Å². The predicted octanol–water partition coefficient (Wildman–Crippen LogP) is 5.13. The van der Waals surface area contributed by atoms with Gasteiger partial charge in [0.05, 0.1) is 13.2 Å². The van der Waals surface area contributed by atoms with Crippen LogP contribution in [-0.4, -0.2) is 76.8 Å². The van der Waals surface area contributed by atoms with Gasteiger partial charge in [-0.15, -0.1) is 0 Å². The summed E-state index contributed by atoms with van der Waals surface area (Å²) in [5.74, 6) is -2.04. The third-order valence-electron chi connectivity index (χ3n) is 8.77. The van der Waals surface area contributed by atoms with Gasteiger partial charge in [-0.05, 0) is 40.5 Å². The summed E-state index contributed by atoms with van der Waals surface area (Å²) in [4.78, 5) is 37.4. The Kier molecular flexibility index (Phi) is 13.2. The summed E-state index contributed by atoms with van der Waals surface area (Å²) in [7, 11) is -5.51. The lowest BCUT2D eigenvalue weighted by Gasteiger charge is -2.45. The van der Waals surface area contributed by atoms with Gasteiger partial charge >= 0.3 is 17.9 Å². The molecule has 0 aliphatic carbocycles. The standard InChI is InChI=1S/C35H54O9Si2/c1-25(36)42-30(23-41-46(34(7,8)9,28-19-15-13-16-20-28)29-21-17-14-18-22-29)32(44-27(3)38)35(10,39)31(43-26(2)37)24-40-45(11,12)33(4,5)6/h13-22,30-32,39H,23-24H2,1-12H3/t30-,31+,32-,35-/m0/s1. The quantitative estimate of drug-likeness (QED) is 0.165. The van der Waals surface area contributed by atoms with Crippen molar-refractivity contribution in [3.8, 4) is 0 Å². The summed E-state index contributed by atoms with van der Waals surface area (Å²) < 4.78 is 30.5. The molecule has 2 rings (SSSR count). The molecule has 2 aromatic carbocycles. The van der Waals surface area contributed by atoms with Gasteiger partial charge in [-0.25, -0.2) is 0 Å². The molecule has 0 amide bonds. The number of rotatable bonds is 14. The Balaban J connectivity index is 2.69. The Hall–Kier alpha value is -2.84. The molecule has 0 bridgehead atoms. The average Bonchev–Trinajstić information content (AvgIpc) is 2.93. The molecule has 0 aliphatic heterocycles. The third kappa shape index (κ3) is 9.60. The summed E-state index contributed by atoms with van der Waals surface area (Å²) in [5, 5.41) is 13.6. The summed E-state index contributed by atoms with van der Waals surface area (Å²) >= 11 is 0. The van der Waals surface area contributed by atoms with Gasteiger partial charge in [-0.3, -0.25) is 14.4 Å². The first-order valence-corrected chi connectivity index (χ1v) is 20.5. The lowest BCUT2D eigenvalue weighted by molar-refractivity contribution is -0.217. The molecule has 46 heavy (non-hydrogen) atoms. The van der Waals surface area contributed by atoms with Crippen LogP contribution in [0.15, 0.2) is 60.7 Å². The normalized spacial score (nSPS) is 16.0. The molecule has 4 atom stereocenters. The van der Waals surface area contributed by atoms with Gasteiger partial charge in [0.25, 0.3) is 8.32 Å². The Morgan fingerprint density at radius 1 is 0.652 bits per heavy atom. The minimum atomic E-state index is -3.14. The molecule has 0 spiro atoms. The Morgan fingerprint density at radius 3 is 1.46 bits per heavy atom. The highest BCUT2D eigenvalue weighted by Gasteiger charge is 2.54. The zero-order valence-electron chi connectivity index (χ0n) is 29.6. The van der Waals surface area contributed by atoms with Crippen LogP contribution < -0.4 is 10.4 Å². The van der Waals surface area contributed by atoms with E-state index in [1.807, 2.05) is 73.8 Å². The third-order valence-corrected chi connectivity index (χ3v) is 18.3. The van der Waals surface area contributed by atoms with Gasteiger partial charge in [0.1, 0.15) is 5.60 Å². The largest absolute Gasteiger partial charge is 0.457 e. The number of hydrogen-bond donors (Lipinski definition) is 1. The van der Waals surface area contributed by atoms with Gasteiger partial charge < -0.3 is 28.2 Å². The van der Waals surface area contributed by atoms with Crippen LogP contribution in [0.5, 0.6) is 0 Å². The van der Waals surface area contributed by atoms with E-state index >= 15 is 0 Å². The van der Waals surface area contributed by atoms with E-state index < -0.39 is 63.5 Å². The van der Waals surface area contributed by atoms with Crippen molar-refractivity contribution in [3.05, 3.63) is 60.7 Å². The lowest BCUT2D eigenvalue weighted by atomic mass is 9.88. The number of carbonyl (C=O) groups is 3. The minimum absolute atomic E-state index is 0.163. The van der Waals surface area contributed by atoms with E-state index in [1.165, 1.54) is 27.7 Å². The second-order valence-corrected chi connectivity index (χ2v) is 23.7. The van der Waals surface area contributed by atoms with Crippen LogP contribution in [0.4, 0.5) is 0 Å². The SMILES string of the molecule is CC(=O)O[C@@H](CO[Si](c1ccccc1)(c1ccccc1)C(C)(C)C)[C@H](OC(C)=O)[C@@](C)(O)[C@@H](CO[Si](C)(C)C(C)(C)C)OC(C)=O. The monoisotopic (exact) mass is 674 g/mol. The average molecular weight is 675 g/mol. The Bertz CT molecular complexity index is 1260. The summed E-state index contributed by atoms with van der Waals surface area (Å²) in [5.41, 5.74) is -2.06. The molecule has 0 saturated heterocycles. The highest BCUT2D eigenvalue weighted by atomic mass is 28.4. The van der Waals surface area contributed by atoms with Crippen LogP contribution in [0.2, 0.25) is 23.2 Å². The van der Waals surface area contributed by atoms with Crippen LogP contribution >= 0.6 is 0 Å². The van der Waals surface area contributed by atoms with E-state index in [0.717, 1.165) is 10.4 Å². The molecule has 0 unspecified atom stereocenters. The van der Waals surface area contributed by atoms with E-state index in [9.17, 15) is 19.5 Å². The number of aliphatic hydroxyl groups is 1. The number of benzene rings is 2. The first-order valence-electron chi connectivity index (χ1n) is 15.7. The molecular formula is C35H54O9Si2. The molecule has 0 aliphatic rings. The maximum atomic E-state index is 12.6. The van der Waals surface area contributed by atoms with Crippen LogP contribution in [0, 0.1) is 0 Å². The van der Waals surface area contributed by atoms with Crippen molar-refractivity contribution >= 4 is 44.9 Å². The van der Waals surface area contributed by atoms with E-state index in [2.05, 4.69) is 41.5 Å². The van der Waals surface area contributed by atoms with E-state index in [1.54, 1.807) is 0 Å². The second kappa shape index (κ2) is 15.4. The highest BCUT2D eigenvalue weighted by Crippen LogP contribution is 2.39. The summed E-state index contributed by atoms with van der Waals surface area (Å²) in [6, 6.07) is 19.8. The summed E-state index contributed by atoms with van der Waals surface area (Å²) in [6.45, 7) is 21.3. The zero-order chi connectivity index (χ0) is 35.1. The van der Waals surface area contributed by atoms with E-state index in [4.69, 9.17) is 23.1 Å². The van der Waals surface area contributed by atoms with E-state index in [-0.39, 0.29) is 18.3 Å². The van der Waals surface area contributed by atoms with Crippen molar-refractivity contribution in [1.82, 2.24) is 0 Å². The topological polar surface area (TPSA) is 118 Å². The van der Waals surface area contributed by atoms with E-state index in [0.29, 0.717) is 0 Å². The van der Waals surface area contributed by atoms with Crippen molar-refractivity contribution in [2.45, 2.75) is 116 Å². The van der Waals surface area contributed by atoms with Gasteiger partial charge in [0.15, 0.2) is 26.6 Å². The second-order valence-electron chi connectivity index (χ2n) is 14.5. The fourth-order valence-electron chi connectivity index (χ4n) is 5.32. The highest BCUT2D eigenvalue weighted by molar-refractivity contribution is 6.99. The van der Waals surface area contributed by atoms with Crippen LogP contribution in [0.1, 0.15) is 69.2 Å². The molecule has 0 saturated carbocycles. The first kappa shape index (κ1) is 39.3. The number of carbonyl (C=O) groups excluding carboxylic acids is 3. The van der Waals surface area contributed by atoms with Gasteiger partial charge in [-0.2, -0.15) is 0 Å². The molecule has 256 valence electrons. The first-order chi connectivity index (χ1) is 21.1. The molecule has 0 aromatic heterocycles. The van der Waals surface area contributed by atoms with Crippen molar-refractivity contribution < 1.29 is 42.6 Å². The van der Waals surface area contributed by atoms with Crippen molar-refractivity contribution in [2.24, 2.45) is 0 Å². The van der Waals surface area contributed by atoms with Crippen molar-refractivity contribution in [2.75, 3.05) is 13.2 Å². The fraction of sp³-hybridized carbons (Fsp3) is 0.571. The van der Waals surface area contributed by atoms with Crippen LogP contribution in [-0.2, 0) is 37.4 Å². The van der Waals surface area contributed by atoms with Gasteiger partial charge in [0.2, 0.25) is 0 Å². The van der Waals surface area contributed by atoms with Gasteiger partial charge in [0, 0.05) is 20.8 Å². The molecule has 9 nitrogen and oxygen atoms in total. The number of esters is 3. The Morgan fingerprint density at radius 2 is 1.09 bits per heavy atom. The predicted molar refractivity (Wildman–Crippen MR) is 184 cm³/mol. The molecule has 2 aromatic rings. The molecule has 11 heteroatoms. The minimum Gasteiger partial charge on any atom is -0.457 e. The maximum absolute atomic E-state index is 12.6. The number of hydrogen-bond acceptors (Lipinski definition) is 9. The summed E-state index contributed by atoms with van der Waals surface area (Å²) in [6.07, 6.45) is -4.03. The molecule has 0 heterocycles. The zero-order valence-corrected chi connectivity index (χ0v) is 31.6. The van der Waals surface area contributed by atoms with Gasteiger partial charge in [-0.1, -0.05) is 102 Å². The molecule has 0 radical (unpaired) electrons. The lowest BCUT2D eigenvalue weighted by Crippen LogP contribution is -2.68. The number of ether oxygens (including phenoxy) is 3. The molecular weight excluding hydrogens is 621 g/mol. The fourth-order valence-corrected chi connectivity index (χ4v) is 10.9. The van der Waals surface area contributed by atoms with Crippen LogP contribution in [0.25, 0.3) is 0 Å². The molecule has 1 N–H and O–H groups in total. The Labute approximate surface area is 277 Å². The van der Waals surface area contributed by atoms with Crippen molar-refractivity contribution in [1.29, 1.82) is 0 Å². The van der Waals surface area contributed by atoms with Crippen molar-refractivity contribution in [3.63, 3.8) is 0 Å².